The van der Waals surface area contributed by atoms with Gasteiger partial charge in [0.15, 0.2) is 0 Å². The molecule has 0 aliphatic carbocycles. The van der Waals surface area contributed by atoms with Crippen LogP contribution in [0.25, 0.3) is 11.1 Å². The fraction of sp³-hybridized carbons (Fsp3) is 0.278. The second kappa shape index (κ2) is 6.48. The van der Waals surface area contributed by atoms with Crippen molar-refractivity contribution in [2.75, 3.05) is 12.4 Å². The van der Waals surface area contributed by atoms with Gasteiger partial charge in [0.1, 0.15) is 5.88 Å². The quantitative estimate of drug-likeness (QED) is 0.728. The minimum Gasteiger partial charge on any atom is -0.337 e. The van der Waals surface area contributed by atoms with Crippen LogP contribution in [0.15, 0.2) is 42.5 Å². The van der Waals surface area contributed by atoms with Crippen LogP contribution in [0.5, 0.6) is 0 Å². The molecule has 0 saturated carbocycles. The van der Waals surface area contributed by atoms with Crippen molar-refractivity contribution < 1.29 is 18.0 Å². The predicted molar refractivity (Wildman–Crippen MR) is 86.7 cm³/mol. The lowest BCUT2D eigenvalue weighted by Crippen LogP contribution is -2.36. The summed E-state index contributed by atoms with van der Waals surface area (Å²) in [6.45, 7) is 1.13. The highest BCUT2D eigenvalue weighted by molar-refractivity contribution is 6.27. The van der Waals surface area contributed by atoms with E-state index in [2.05, 4.69) is 0 Å². The maximum atomic E-state index is 12.6. The van der Waals surface area contributed by atoms with E-state index in [4.69, 9.17) is 11.6 Å². The van der Waals surface area contributed by atoms with Crippen LogP contribution in [0.4, 0.5) is 13.2 Å². The van der Waals surface area contributed by atoms with Gasteiger partial charge in [-0.3, -0.25) is 4.79 Å². The SMILES string of the molecule is O=C(CCl)N1CCc2cc(-c3ccc(C(F)(F)F)cc3)ccc2C1. The first-order valence-electron chi connectivity index (χ1n) is 7.51. The third kappa shape index (κ3) is 3.41. The maximum Gasteiger partial charge on any atom is 0.416 e. The van der Waals surface area contributed by atoms with E-state index in [0.29, 0.717) is 19.5 Å². The molecule has 1 aliphatic heterocycles. The second-order valence-electron chi connectivity index (χ2n) is 5.76. The van der Waals surface area contributed by atoms with Crippen LogP contribution in [-0.4, -0.2) is 23.2 Å². The van der Waals surface area contributed by atoms with Gasteiger partial charge in [0.2, 0.25) is 5.91 Å². The summed E-state index contributed by atoms with van der Waals surface area (Å²) in [7, 11) is 0. The zero-order valence-electron chi connectivity index (χ0n) is 12.7. The number of hydrogen-bond donors (Lipinski definition) is 0. The van der Waals surface area contributed by atoms with Crippen molar-refractivity contribution in [1.82, 2.24) is 4.90 Å². The molecule has 2 aromatic rings. The summed E-state index contributed by atoms with van der Waals surface area (Å²) in [4.78, 5) is 13.4. The number of rotatable bonds is 2. The van der Waals surface area contributed by atoms with Gasteiger partial charge in [-0.15, -0.1) is 11.6 Å². The summed E-state index contributed by atoms with van der Waals surface area (Å²) in [5.41, 5.74) is 3.13. The fourth-order valence-electron chi connectivity index (χ4n) is 2.88. The normalized spacial score (nSPS) is 14.4. The number of fused-ring (bicyclic) bond motifs is 1. The van der Waals surface area contributed by atoms with Crippen molar-refractivity contribution >= 4 is 17.5 Å². The molecule has 1 amide bonds. The number of benzene rings is 2. The lowest BCUT2D eigenvalue weighted by Gasteiger charge is -2.28. The molecule has 0 N–H and O–H groups in total. The van der Waals surface area contributed by atoms with Gasteiger partial charge in [-0.1, -0.05) is 30.3 Å². The molecule has 0 radical (unpaired) electrons. The van der Waals surface area contributed by atoms with Crippen molar-refractivity contribution in [2.45, 2.75) is 19.1 Å². The molecule has 0 bridgehead atoms. The number of nitrogens with zero attached hydrogens (tertiary/aromatic N) is 1. The van der Waals surface area contributed by atoms with Gasteiger partial charge in [-0.2, -0.15) is 13.2 Å². The Kier molecular flexibility index (Phi) is 4.54. The van der Waals surface area contributed by atoms with Crippen molar-refractivity contribution in [3.63, 3.8) is 0 Å². The van der Waals surface area contributed by atoms with Crippen molar-refractivity contribution in [2.24, 2.45) is 0 Å². The smallest absolute Gasteiger partial charge is 0.337 e. The van der Waals surface area contributed by atoms with Crippen molar-refractivity contribution in [3.05, 3.63) is 59.2 Å². The molecular formula is C18H15ClF3NO. The third-order valence-electron chi connectivity index (χ3n) is 4.23. The summed E-state index contributed by atoms with van der Waals surface area (Å²) in [5, 5.41) is 0. The zero-order valence-corrected chi connectivity index (χ0v) is 13.5. The Bertz CT molecular complexity index is 756. The highest BCUT2D eigenvalue weighted by atomic mass is 35.5. The van der Waals surface area contributed by atoms with E-state index in [1.165, 1.54) is 12.1 Å². The first-order valence-corrected chi connectivity index (χ1v) is 8.05. The first-order chi connectivity index (χ1) is 11.4. The van der Waals surface area contributed by atoms with Crippen molar-refractivity contribution in [1.29, 1.82) is 0 Å². The van der Waals surface area contributed by atoms with Crippen LogP contribution in [0, 0.1) is 0 Å². The molecule has 0 atom stereocenters. The number of amides is 1. The average molecular weight is 354 g/mol. The van der Waals surface area contributed by atoms with Gasteiger partial charge >= 0.3 is 6.18 Å². The summed E-state index contributed by atoms with van der Waals surface area (Å²) in [6, 6.07) is 10.9. The predicted octanol–water partition coefficient (Wildman–Crippen LogP) is 4.50. The Morgan fingerprint density at radius 1 is 1.04 bits per heavy atom. The summed E-state index contributed by atoms with van der Waals surface area (Å²) in [6.07, 6.45) is -3.61. The molecule has 0 aromatic heterocycles. The zero-order chi connectivity index (χ0) is 17.3. The van der Waals surface area contributed by atoms with E-state index in [1.54, 1.807) is 4.90 Å². The molecule has 1 heterocycles. The number of halogens is 4. The standard InChI is InChI=1S/C18H15ClF3NO/c19-10-17(24)23-8-7-14-9-13(1-2-15(14)11-23)12-3-5-16(6-4-12)18(20,21)22/h1-6,9H,7-8,10-11H2. The summed E-state index contributed by atoms with van der Waals surface area (Å²) >= 11 is 5.59. The van der Waals surface area contributed by atoms with Gasteiger partial charge in [0, 0.05) is 13.1 Å². The Hall–Kier alpha value is -2.01. The minimum absolute atomic E-state index is 0.0288. The first kappa shape index (κ1) is 16.8. The molecule has 0 saturated heterocycles. The Labute approximate surface area is 142 Å². The molecule has 2 aromatic carbocycles. The van der Waals surface area contributed by atoms with Gasteiger partial charge in [0.25, 0.3) is 0 Å². The lowest BCUT2D eigenvalue weighted by atomic mass is 9.94. The molecule has 126 valence electrons. The molecule has 2 nitrogen and oxygen atoms in total. The fourth-order valence-corrected chi connectivity index (χ4v) is 3.05. The van der Waals surface area contributed by atoms with Crippen LogP contribution in [0.3, 0.4) is 0 Å². The number of carbonyl (C=O) groups is 1. The van der Waals surface area contributed by atoms with Gasteiger partial charge < -0.3 is 4.90 Å². The highest BCUT2D eigenvalue weighted by Gasteiger charge is 2.30. The topological polar surface area (TPSA) is 20.3 Å². The van der Waals surface area contributed by atoms with E-state index in [0.717, 1.165) is 34.4 Å². The molecular weight excluding hydrogens is 339 g/mol. The summed E-state index contributed by atoms with van der Waals surface area (Å²) in [5.74, 6) is -0.118. The van der Waals surface area contributed by atoms with Crippen molar-refractivity contribution in [3.8, 4) is 11.1 Å². The Morgan fingerprint density at radius 2 is 1.71 bits per heavy atom. The molecule has 0 spiro atoms. The molecule has 6 heteroatoms. The monoisotopic (exact) mass is 353 g/mol. The van der Waals surface area contributed by atoms with E-state index < -0.39 is 11.7 Å². The summed E-state index contributed by atoms with van der Waals surface area (Å²) < 4.78 is 37.9. The van der Waals surface area contributed by atoms with Gasteiger partial charge in [0.05, 0.1) is 5.56 Å². The molecule has 24 heavy (non-hydrogen) atoms. The molecule has 3 rings (SSSR count). The van der Waals surface area contributed by atoms with Gasteiger partial charge in [-0.05, 0) is 40.8 Å². The van der Waals surface area contributed by atoms with E-state index in [1.807, 2.05) is 18.2 Å². The highest BCUT2D eigenvalue weighted by Crippen LogP contribution is 2.32. The molecule has 0 fully saturated rings. The minimum atomic E-state index is -4.33. The van der Waals surface area contributed by atoms with Crippen LogP contribution in [0.1, 0.15) is 16.7 Å². The molecule has 1 aliphatic rings. The lowest BCUT2D eigenvalue weighted by molar-refractivity contribution is -0.137. The Morgan fingerprint density at radius 3 is 2.33 bits per heavy atom. The van der Waals surface area contributed by atoms with Crippen LogP contribution < -0.4 is 0 Å². The number of carbonyl (C=O) groups excluding carboxylic acids is 1. The second-order valence-corrected chi connectivity index (χ2v) is 6.02. The van der Waals surface area contributed by atoms with Crippen LogP contribution in [0.2, 0.25) is 0 Å². The Balaban J connectivity index is 1.84. The van der Waals surface area contributed by atoms with E-state index in [-0.39, 0.29) is 11.8 Å². The van der Waals surface area contributed by atoms with E-state index in [9.17, 15) is 18.0 Å². The van der Waals surface area contributed by atoms with Crippen LogP contribution in [-0.2, 0) is 23.9 Å². The van der Waals surface area contributed by atoms with E-state index >= 15 is 0 Å². The average Bonchev–Trinajstić information content (AvgIpc) is 2.59. The largest absolute Gasteiger partial charge is 0.416 e. The molecule has 0 unspecified atom stereocenters. The number of alkyl halides is 4. The third-order valence-corrected chi connectivity index (χ3v) is 4.46. The van der Waals surface area contributed by atoms with Crippen LogP contribution >= 0.6 is 11.6 Å². The number of hydrogen-bond acceptors (Lipinski definition) is 1. The maximum absolute atomic E-state index is 12.6. The van der Waals surface area contributed by atoms with Gasteiger partial charge in [-0.25, -0.2) is 0 Å².